The first-order valence-corrected chi connectivity index (χ1v) is 7.64. The minimum Gasteiger partial charge on any atom is -0.358 e. The summed E-state index contributed by atoms with van der Waals surface area (Å²) in [5.41, 5.74) is 0. The van der Waals surface area contributed by atoms with Gasteiger partial charge in [0.15, 0.2) is 0 Å². The normalized spacial score (nSPS) is 26.9. The standard InChI is InChI=1S/C14H21N5O3/c1-9-15-13(19(21)22)7-18(9)8-14(20)17(2)12-5-10-3-4-11(6-12)16-10/h7,10-12,16H,3-6,8H2,1-2H3. The number of fused-ring (bicyclic) bond motifs is 2. The number of piperidine rings is 1. The number of nitro groups is 1. The fraction of sp³-hybridized carbons (Fsp3) is 0.714. The molecule has 0 radical (unpaired) electrons. The summed E-state index contributed by atoms with van der Waals surface area (Å²) >= 11 is 0. The van der Waals surface area contributed by atoms with E-state index in [2.05, 4.69) is 10.3 Å². The molecule has 8 nitrogen and oxygen atoms in total. The molecule has 0 spiro atoms. The molecule has 3 heterocycles. The van der Waals surface area contributed by atoms with Gasteiger partial charge in [-0.3, -0.25) is 9.36 Å². The first-order chi connectivity index (χ1) is 10.4. The third-order valence-corrected chi connectivity index (χ3v) is 4.85. The predicted molar refractivity (Wildman–Crippen MR) is 79.4 cm³/mol. The summed E-state index contributed by atoms with van der Waals surface area (Å²) < 4.78 is 1.55. The Morgan fingerprint density at radius 3 is 2.68 bits per heavy atom. The summed E-state index contributed by atoms with van der Waals surface area (Å²) in [6.07, 6.45) is 5.68. The van der Waals surface area contributed by atoms with E-state index in [1.807, 2.05) is 7.05 Å². The van der Waals surface area contributed by atoms with E-state index in [-0.39, 0.29) is 24.3 Å². The van der Waals surface area contributed by atoms with Crippen molar-refractivity contribution in [3.05, 3.63) is 22.1 Å². The van der Waals surface area contributed by atoms with Crippen molar-refractivity contribution in [2.24, 2.45) is 0 Å². The molecule has 120 valence electrons. The zero-order valence-electron chi connectivity index (χ0n) is 12.9. The molecular weight excluding hydrogens is 286 g/mol. The summed E-state index contributed by atoms with van der Waals surface area (Å²) in [5, 5.41) is 14.3. The van der Waals surface area contributed by atoms with Crippen molar-refractivity contribution in [1.82, 2.24) is 19.8 Å². The molecule has 22 heavy (non-hydrogen) atoms. The number of imidazole rings is 1. The summed E-state index contributed by atoms with van der Waals surface area (Å²) in [6.45, 7) is 1.77. The maximum Gasteiger partial charge on any atom is 0.381 e. The second kappa shape index (κ2) is 5.68. The molecule has 2 aliphatic rings. The Hall–Kier alpha value is -1.96. The molecule has 0 saturated carbocycles. The lowest BCUT2D eigenvalue weighted by Crippen LogP contribution is -2.49. The fourth-order valence-corrected chi connectivity index (χ4v) is 3.54. The number of carbonyl (C=O) groups is 1. The van der Waals surface area contributed by atoms with Gasteiger partial charge < -0.3 is 20.3 Å². The number of aryl methyl sites for hydroxylation is 1. The highest BCUT2D eigenvalue weighted by Crippen LogP contribution is 2.29. The Kier molecular flexibility index (Phi) is 3.86. The molecule has 1 N–H and O–H groups in total. The third-order valence-electron chi connectivity index (χ3n) is 4.85. The van der Waals surface area contributed by atoms with Gasteiger partial charge in [0, 0.05) is 32.1 Å². The summed E-state index contributed by atoms with van der Waals surface area (Å²) in [5.74, 6) is 0.244. The van der Waals surface area contributed by atoms with Crippen molar-refractivity contribution in [1.29, 1.82) is 0 Å². The molecule has 0 aromatic carbocycles. The van der Waals surface area contributed by atoms with Crippen molar-refractivity contribution in [2.45, 2.75) is 57.3 Å². The monoisotopic (exact) mass is 307 g/mol. The van der Waals surface area contributed by atoms with E-state index in [4.69, 9.17) is 0 Å². The highest BCUT2D eigenvalue weighted by molar-refractivity contribution is 5.76. The first-order valence-electron chi connectivity index (χ1n) is 7.64. The van der Waals surface area contributed by atoms with E-state index in [9.17, 15) is 14.9 Å². The molecular formula is C14H21N5O3. The number of amides is 1. The van der Waals surface area contributed by atoms with E-state index < -0.39 is 4.92 Å². The van der Waals surface area contributed by atoms with E-state index in [0.717, 1.165) is 12.8 Å². The van der Waals surface area contributed by atoms with E-state index in [1.54, 1.807) is 16.4 Å². The van der Waals surface area contributed by atoms with Crippen molar-refractivity contribution in [3.63, 3.8) is 0 Å². The number of rotatable bonds is 4. The lowest BCUT2D eigenvalue weighted by Gasteiger charge is -2.35. The van der Waals surface area contributed by atoms with Crippen LogP contribution in [0.4, 0.5) is 5.82 Å². The third kappa shape index (κ3) is 2.83. The topological polar surface area (TPSA) is 93.3 Å². The van der Waals surface area contributed by atoms with Crippen LogP contribution in [-0.2, 0) is 11.3 Å². The zero-order chi connectivity index (χ0) is 15.9. The summed E-state index contributed by atoms with van der Waals surface area (Å²) in [4.78, 5) is 28.3. The summed E-state index contributed by atoms with van der Waals surface area (Å²) in [6, 6.07) is 1.30. The lowest BCUT2D eigenvalue weighted by atomic mass is 9.98. The van der Waals surface area contributed by atoms with E-state index in [1.165, 1.54) is 19.0 Å². The molecule has 2 unspecified atom stereocenters. The fourth-order valence-electron chi connectivity index (χ4n) is 3.54. The number of likely N-dealkylation sites (N-methyl/N-ethyl adjacent to an activating group) is 1. The number of hydrogen-bond donors (Lipinski definition) is 1. The number of hydrogen-bond acceptors (Lipinski definition) is 5. The number of carbonyl (C=O) groups excluding carboxylic acids is 1. The van der Waals surface area contributed by atoms with Crippen LogP contribution in [0.5, 0.6) is 0 Å². The van der Waals surface area contributed by atoms with Gasteiger partial charge in [-0.25, -0.2) is 0 Å². The number of aromatic nitrogens is 2. The van der Waals surface area contributed by atoms with Crippen LogP contribution >= 0.6 is 0 Å². The van der Waals surface area contributed by atoms with E-state index >= 15 is 0 Å². The SMILES string of the molecule is Cc1nc([N+](=O)[O-])cn1CC(=O)N(C)C1CC2CCC(C1)N2. The van der Waals surface area contributed by atoms with Gasteiger partial charge in [0.2, 0.25) is 11.7 Å². The van der Waals surface area contributed by atoms with Gasteiger partial charge >= 0.3 is 5.82 Å². The minimum atomic E-state index is -0.539. The highest BCUT2D eigenvalue weighted by Gasteiger charge is 2.36. The van der Waals surface area contributed by atoms with Gasteiger partial charge in [-0.2, -0.15) is 0 Å². The Morgan fingerprint density at radius 2 is 2.14 bits per heavy atom. The Bertz CT molecular complexity index is 587. The molecule has 2 atom stereocenters. The van der Waals surface area contributed by atoms with Gasteiger partial charge in [0.1, 0.15) is 12.7 Å². The zero-order valence-corrected chi connectivity index (χ0v) is 12.9. The molecule has 2 fully saturated rings. The average Bonchev–Trinajstić information content (AvgIpc) is 3.01. The van der Waals surface area contributed by atoms with Crippen molar-refractivity contribution >= 4 is 11.7 Å². The minimum absolute atomic E-state index is 0.0262. The van der Waals surface area contributed by atoms with Crippen LogP contribution in [0.25, 0.3) is 0 Å². The van der Waals surface area contributed by atoms with Crippen LogP contribution in [0.15, 0.2) is 6.20 Å². The maximum atomic E-state index is 12.5. The smallest absolute Gasteiger partial charge is 0.358 e. The van der Waals surface area contributed by atoms with Crippen LogP contribution < -0.4 is 5.32 Å². The van der Waals surface area contributed by atoms with Crippen molar-refractivity contribution in [2.75, 3.05) is 7.05 Å². The van der Waals surface area contributed by atoms with Gasteiger partial charge in [-0.05, 0) is 35.6 Å². The van der Waals surface area contributed by atoms with Gasteiger partial charge in [0.25, 0.3) is 0 Å². The second-order valence-electron chi connectivity index (χ2n) is 6.30. The van der Waals surface area contributed by atoms with Crippen LogP contribution in [0, 0.1) is 17.0 Å². The van der Waals surface area contributed by atoms with Gasteiger partial charge in [-0.15, -0.1) is 0 Å². The number of nitrogens with one attached hydrogen (secondary N) is 1. The molecule has 1 aromatic rings. The Labute approximate surface area is 128 Å². The molecule has 1 aromatic heterocycles. The van der Waals surface area contributed by atoms with Crippen LogP contribution in [0.1, 0.15) is 31.5 Å². The second-order valence-corrected chi connectivity index (χ2v) is 6.30. The maximum absolute atomic E-state index is 12.5. The predicted octanol–water partition coefficient (Wildman–Crippen LogP) is 0.841. The molecule has 3 rings (SSSR count). The first kappa shape index (κ1) is 15.0. The van der Waals surface area contributed by atoms with Gasteiger partial charge in [0.05, 0.1) is 0 Å². The Balaban J connectivity index is 1.65. The van der Waals surface area contributed by atoms with Crippen LogP contribution in [0.3, 0.4) is 0 Å². The molecule has 0 aliphatic carbocycles. The largest absolute Gasteiger partial charge is 0.381 e. The number of nitrogens with zero attached hydrogens (tertiary/aromatic N) is 4. The molecule has 1 amide bonds. The van der Waals surface area contributed by atoms with E-state index in [0.29, 0.717) is 17.9 Å². The molecule has 8 heteroatoms. The van der Waals surface area contributed by atoms with Crippen LogP contribution in [-0.4, -0.2) is 50.5 Å². The summed E-state index contributed by atoms with van der Waals surface area (Å²) in [7, 11) is 1.83. The van der Waals surface area contributed by atoms with Crippen molar-refractivity contribution < 1.29 is 9.72 Å². The Morgan fingerprint density at radius 1 is 1.50 bits per heavy atom. The molecule has 2 saturated heterocycles. The lowest BCUT2D eigenvalue weighted by molar-refractivity contribution is -0.389. The highest BCUT2D eigenvalue weighted by atomic mass is 16.6. The van der Waals surface area contributed by atoms with Crippen molar-refractivity contribution in [3.8, 4) is 0 Å². The quantitative estimate of drug-likeness (QED) is 0.657. The molecule has 2 aliphatic heterocycles. The average molecular weight is 307 g/mol. The molecule has 2 bridgehead atoms. The van der Waals surface area contributed by atoms with Gasteiger partial charge in [-0.1, -0.05) is 0 Å². The van der Waals surface area contributed by atoms with Crippen LogP contribution in [0.2, 0.25) is 0 Å².